The second kappa shape index (κ2) is 7.12. The summed E-state index contributed by atoms with van der Waals surface area (Å²) in [6.45, 7) is 2.07. The zero-order valence-corrected chi connectivity index (χ0v) is 15.8. The maximum atomic E-state index is 12.4. The van der Waals surface area contributed by atoms with E-state index in [4.69, 9.17) is 5.11 Å². The minimum Gasteiger partial charge on any atom is -0.481 e. The number of aromatic nitrogens is 1. The first-order valence-corrected chi connectivity index (χ1v) is 9.82. The van der Waals surface area contributed by atoms with Gasteiger partial charge in [-0.1, -0.05) is 6.07 Å². The molecule has 1 fully saturated rings. The van der Waals surface area contributed by atoms with Gasteiger partial charge in [0.05, 0.1) is 16.1 Å². The molecule has 27 heavy (non-hydrogen) atoms. The summed E-state index contributed by atoms with van der Waals surface area (Å²) < 4.78 is 1.16. The van der Waals surface area contributed by atoms with Crippen LogP contribution in [0.5, 0.6) is 0 Å². The number of carbonyl (C=O) groups excluding carboxylic acids is 1. The van der Waals surface area contributed by atoms with E-state index in [0.29, 0.717) is 19.3 Å². The van der Waals surface area contributed by atoms with Crippen LogP contribution in [-0.2, 0) is 9.59 Å². The molecular weight excluding hydrogens is 360 g/mol. The molecule has 3 aromatic rings. The van der Waals surface area contributed by atoms with Gasteiger partial charge in [-0.25, -0.2) is 4.98 Å². The van der Waals surface area contributed by atoms with Gasteiger partial charge in [0.25, 0.3) is 0 Å². The molecule has 0 aliphatic heterocycles. The Hall–Kier alpha value is -2.73. The summed E-state index contributed by atoms with van der Waals surface area (Å²) in [7, 11) is 0. The zero-order valence-electron chi connectivity index (χ0n) is 14.9. The number of nitrogens with zero attached hydrogens (tertiary/aromatic N) is 1. The average molecular weight is 380 g/mol. The molecule has 0 radical (unpaired) electrons. The Kier molecular flexibility index (Phi) is 4.66. The lowest BCUT2D eigenvalue weighted by atomic mass is 10.0. The highest BCUT2D eigenvalue weighted by Crippen LogP contribution is 2.33. The lowest BCUT2D eigenvalue weighted by Crippen LogP contribution is -2.21. The molecule has 1 amide bonds. The third kappa shape index (κ3) is 3.71. The van der Waals surface area contributed by atoms with E-state index in [1.165, 1.54) is 5.56 Å². The predicted molar refractivity (Wildman–Crippen MR) is 107 cm³/mol. The lowest BCUT2D eigenvalue weighted by molar-refractivity contribution is -0.141. The first-order chi connectivity index (χ1) is 13.0. The first kappa shape index (κ1) is 17.7. The molecule has 5 nitrogen and oxygen atoms in total. The van der Waals surface area contributed by atoms with Gasteiger partial charge < -0.3 is 10.4 Å². The molecule has 2 N–H and O–H groups in total. The van der Waals surface area contributed by atoms with Crippen LogP contribution in [-0.4, -0.2) is 22.0 Å². The minimum absolute atomic E-state index is 0.0954. The van der Waals surface area contributed by atoms with Gasteiger partial charge in [-0.3, -0.25) is 9.59 Å². The topological polar surface area (TPSA) is 79.3 Å². The number of fused-ring (bicyclic) bond motifs is 1. The van der Waals surface area contributed by atoms with Crippen LogP contribution in [0.1, 0.15) is 24.8 Å². The van der Waals surface area contributed by atoms with E-state index in [1.54, 1.807) is 11.3 Å². The molecule has 0 spiro atoms. The van der Waals surface area contributed by atoms with Crippen molar-refractivity contribution in [3.8, 4) is 10.6 Å². The molecule has 0 bridgehead atoms. The number of anilines is 1. The van der Waals surface area contributed by atoms with Crippen LogP contribution in [0.4, 0.5) is 5.69 Å². The van der Waals surface area contributed by atoms with Gasteiger partial charge in [0.1, 0.15) is 5.01 Å². The Bertz CT molecular complexity index is 1010. The number of benzene rings is 2. The molecule has 0 unspecified atom stereocenters. The van der Waals surface area contributed by atoms with Crippen LogP contribution in [0, 0.1) is 18.8 Å². The molecule has 0 saturated heterocycles. The van der Waals surface area contributed by atoms with E-state index in [0.717, 1.165) is 26.5 Å². The molecule has 1 saturated carbocycles. The first-order valence-electron chi connectivity index (χ1n) is 9.01. The van der Waals surface area contributed by atoms with Crippen LogP contribution < -0.4 is 5.32 Å². The van der Waals surface area contributed by atoms with E-state index in [-0.39, 0.29) is 11.8 Å². The number of hydrogen-bond donors (Lipinski definition) is 2. The van der Waals surface area contributed by atoms with E-state index < -0.39 is 11.9 Å². The summed E-state index contributed by atoms with van der Waals surface area (Å²) in [5.74, 6) is -1.52. The number of aryl methyl sites for hydroxylation is 1. The van der Waals surface area contributed by atoms with E-state index in [9.17, 15) is 9.59 Å². The zero-order chi connectivity index (χ0) is 19.0. The van der Waals surface area contributed by atoms with E-state index in [2.05, 4.69) is 29.4 Å². The SMILES string of the molecule is Cc1ccc2nc(-c3ccc(NC(=O)[C@H]4CC[C@H](C(=O)O)C4)cc3)sc2c1. The lowest BCUT2D eigenvalue weighted by Gasteiger charge is -2.11. The van der Waals surface area contributed by atoms with Gasteiger partial charge in [-0.2, -0.15) is 0 Å². The standard InChI is InChI=1S/C21H20N2O3S/c1-12-2-9-17-18(10-12)27-20(23-17)13-5-7-16(8-6-13)22-19(24)14-3-4-15(11-14)21(25)26/h2,5-10,14-15H,3-4,11H2,1H3,(H,22,24)(H,25,26)/t14-,15-/m0/s1. The molecule has 2 atom stereocenters. The number of aliphatic carboxylic acids is 1. The van der Waals surface area contributed by atoms with Crippen molar-refractivity contribution in [1.29, 1.82) is 0 Å². The predicted octanol–water partition coefficient (Wildman–Crippen LogP) is 4.71. The van der Waals surface area contributed by atoms with Gasteiger partial charge in [-0.05, 0) is 68.1 Å². The normalized spacial score (nSPS) is 19.3. The highest BCUT2D eigenvalue weighted by Gasteiger charge is 2.33. The molecule has 6 heteroatoms. The Labute approximate surface area is 161 Å². The van der Waals surface area contributed by atoms with E-state index >= 15 is 0 Å². The number of carboxylic acid groups (broad SMARTS) is 1. The summed E-state index contributed by atoms with van der Waals surface area (Å²) in [6.07, 6.45) is 1.62. The summed E-state index contributed by atoms with van der Waals surface area (Å²) in [4.78, 5) is 28.1. The van der Waals surface area contributed by atoms with Gasteiger partial charge in [0.2, 0.25) is 5.91 Å². The molecule has 1 aliphatic rings. The maximum Gasteiger partial charge on any atom is 0.306 e. The van der Waals surface area contributed by atoms with Crippen molar-refractivity contribution < 1.29 is 14.7 Å². The fourth-order valence-electron chi connectivity index (χ4n) is 3.54. The van der Waals surface area contributed by atoms with Crippen LogP contribution in [0.2, 0.25) is 0 Å². The fourth-order valence-corrected chi connectivity index (χ4v) is 4.61. The number of rotatable bonds is 4. The van der Waals surface area contributed by atoms with Gasteiger partial charge in [-0.15, -0.1) is 11.3 Å². The largest absolute Gasteiger partial charge is 0.481 e. The molecule has 138 valence electrons. The highest BCUT2D eigenvalue weighted by molar-refractivity contribution is 7.21. The Balaban J connectivity index is 1.45. The van der Waals surface area contributed by atoms with Gasteiger partial charge >= 0.3 is 5.97 Å². The number of nitrogens with one attached hydrogen (secondary N) is 1. The van der Waals surface area contributed by atoms with Gasteiger partial charge in [0.15, 0.2) is 0 Å². The van der Waals surface area contributed by atoms with Gasteiger partial charge in [0, 0.05) is 17.2 Å². The van der Waals surface area contributed by atoms with Crippen LogP contribution >= 0.6 is 11.3 Å². The average Bonchev–Trinajstić information content (AvgIpc) is 3.29. The second-order valence-electron chi connectivity index (χ2n) is 7.10. The third-order valence-corrected chi connectivity index (χ3v) is 6.16. The van der Waals surface area contributed by atoms with Crippen molar-refractivity contribution in [1.82, 2.24) is 4.98 Å². The van der Waals surface area contributed by atoms with Crippen molar-refractivity contribution in [3.63, 3.8) is 0 Å². The molecular formula is C21H20N2O3S. The number of hydrogen-bond acceptors (Lipinski definition) is 4. The Morgan fingerprint density at radius 2 is 1.85 bits per heavy atom. The number of thiazole rings is 1. The van der Waals surface area contributed by atoms with Crippen molar-refractivity contribution in [3.05, 3.63) is 48.0 Å². The summed E-state index contributed by atoms with van der Waals surface area (Å²) >= 11 is 1.65. The minimum atomic E-state index is -0.805. The molecule has 1 aromatic heterocycles. The molecule has 2 aromatic carbocycles. The third-order valence-electron chi connectivity index (χ3n) is 5.10. The summed E-state index contributed by atoms with van der Waals surface area (Å²) in [5, 5.41) is 12.9. The molecule has 1 heterocycles. The maximum absolute atomic E-state index is 12.4. The number of amides is 1. The van der Waals surface area contributed by atoms with Crippen LogP contribution in [0.25, 0.3) is 20.8 Å². The molecule has 1 aliphatic carbocycles. The number of carbonyl (C=O) groups is 2. The fraction of sp³-hybridized carbons (Fsp3) is 0.286. The monoisotopic (exact) mass is 380 g/mol. The smallest absolute Gasteiger partial charge is 0.306 e. The summed E-state index contributed by atoms with van der Waals surface area (Å²) in [5.41, 5.74) is 3.94. The molecule has 4 rings (SSSR count). The van der Waals surface area contributed by atoms with Crippen LogP contribution in [0.3, 0.4) is 0 Å². The quantitative estimate of drug-likeness (QED) is 0.687. The highest BCUT2D eigenvalue weighted by atomic mass is 32.1. The Morgan fingerprint density at radius 1 is 1.11 bits per heavy atom. The van der Waals surface area contributed by atoms with Crippen molar-refractivity contribution in [2.24, 2.45) is 11.8 Å². The van der Waals surface area contributed by atoms with Crippen molar-refractivity contribution in [2.45, 2.75) is 26.2 Å². The number of carboxylic acids is 1. The van der Waals surface area contributed by atoms with E-state index in [1.807, 2.05) is 30.3 Å². The van der Waals surface area contributed by atoms with Crippen molar-refractivity contribution >= 4 is 39.1 Å². The Morgan fingerprint density at radius 3 is 2.56 bits per heavy atom. The van der Waals surface area contributed by atoms with Crippen molar-refractivity contribution in [2.75, 3.05) is 5.32 Å². The van der Waals surface area contributed by atoms with Crippen LogP contribution in [0.15, 0.2) is 42.5 Å². The second-order valence-corrected chi connectivity index (χ2v) is 8.13. The summed E-state index contributed by atoms with van der Waals surface area (Å²) in [6, 6.07) is 13.9.